The zero-order valence-corrected chi connectivity index (χ0v) is 17.9. The molecule has 2 aromatic heterocycles. The van der Waals surface area contributed by atoms with Crippen LogP contribution in [0.4, 0.5) is 0 Å². The predicted molar refractivity (Wildman–Crippen MR) is 110 cm³/mol. The van der Waals surface area contributed by atoms with Crippen LogP contribution in [0.1, 0.15) is 53.3 Å². The van der Waals surface area contributed by atoms with Gasteiger partial charge in [0.15, 0.2) is 0 Å². The van der Waals surface area contributed by atoms with Gasteiger partial charge in [-0.25, -0.2) is 13.4 Å². The van der Waals surface area contributed by atoms with Crippen LogP contribution in [0.5, 0.6) is 0 Å². The van der Waals surface area contributed by atoms with E-state index in [1.165, 1.54) is 14.7 Å². The molecule has 152 valence electrons. The molecule has 7 nitrogen and oxygen atoms in total. The third-order valence-corrected chi connectivity index (χ3v) is 8.63. The summed E-state index contributed by atoms with van der Waals surface area (Å²) in [7, 11) is -3.31. The number of hydrogen-bond acceptors (Lipinski definition) is 6. The van der Waals surface area contributed by atoms with Gasteiger partial charge in [0, 0.05) is 37.5 Å². The van der Waals surface area contributed by atoms with E-state index >= 15 is 0 Å². The van der Waals surface area contributed by atoms with Crippen molar-refractivity contribution >= 4 is 21.4 Å². The molecule has 4 heterocycles. The lowest BCUT2D eigenvalue weighted by Gasteiger charge is -2.29. The lowest BCUT2D eigenvalue weighted by atomic mass is 10.1. The fourth-order valence-corrected chi connectivity index (χ4v) is 6.35. The first kappa shape index (κ1) is 19.8. The minimum Gasteiger partial charge on any atom is -0.309 e. The smallest absolute Gasteiger partial charge is 0.255 e. The van der Waals surface area contributed by atoms with Gasteiger partial charge in [-0.15, -0.1) is 11.3 Å². The highest BCUT2D eigenvalue weighted by Gasteiger charge is 2.36. The second-order valence-electron chi connectivity index (χ2n) is 7.53. The Bertz CT molecular complexity index is 1030. The van der Waals surface area contributed by atoms with Crippen molar-refractivity contribution in [3.8, 4) is 0 Å². The van der Waals surface area contributed by atoms with Gasteiger partial charge in [-0.3, -0.25) is 9.69 Å². The van der Waals surface area contributed by atoms with Crippen molar-refractivity contribution in [1.82, 2.24) is 19.2 Å². The first-order chi connectivity index (χ1) is 13.4. The summed E-state index contributed by atoms with van der Waals surface area (Å²) >= 11 is 1.75. The van der Waals surface area contributed by atoms with Crippen LogP contribution in [0, 0.1) is 6.92 Å². The molecule has 1 unspecified atom stereocenters. The van der Waals surface area contributed by atoms with E-state index in [1.54, 1.807) is 18.3 Å². The number of fused-ring (bicyclic) bond motifs is 1. The quantitative estimate of drug-likeness (QED) is 0.798. The minimum absolute atomic E-state index is 0.0652. The lowest BCUT2D eigenvalue weighted by Crippen LogP contribution is -2.38. The molecule has 0 amide bonds. The fraction of sp³-hybridized carbons (Fsp3) is 0.579. The molecule has 1 N–H and O–H groups in total. The Morgan fingerprint density at radius 1 is 1.36 bits per heavy atom. The lowest BCUT2D eigenvalue weighted by molar-refractivity contribution is 0.242. The Hall–Kier alpha value is -1.55. The van der Waals surface area contributed by atoms with E-state index in [-0.39, 0.29) is 17.4 Å². The molecule has 0 radical (unpaired) electrons. The Kier molecular flexibility index (Phi) is 5.43. The predicted octanol–water partition coefficient (Wildman–Crippen LogP) is 2.18. The summed E-state index contributed by atoms with van der Waals surface area (Å²) in [6.07, 6.45) is 2.20. The molecule has 9 heteroatoms. The number of thiophene rings is 1. The van der Waals surface area contributed by atoms with Crippen LogP contribution < -0.4 is 5.56 Å². The molecule has 1 atom stereocenters. The average Bonchev–Trinajstić information content (AvgIpc) is 3.32. The molecule has 2 aliphatic heterocycles. The highest BCUT2D eigenvalue weighted by atomic mass is 32.2. The number of sulfonamides is 1. The Balaban J connectivity index is 1.58. The van der Waals surface area contributed by atoms with Gasteiger partial charge in [0.05, 0.1) is 23.1 Å². The largest absolute Gasteiger partial charge is 0.309 e. The summed E-state index contributed by atoms with van der Waals surface area (Å²) in [6.45, 7) is 6.53. The molecule has 4 rings (SSSR count). The normalized spacial score (nSPS) is 21.1. The van der Waals surface area contributed by atoms with Crippen LogP contribution >= 0.6 is 11.3 Å². The Labute approximate surface area is 169 Å². The van der Waals surface area contributed by atoms with Gasteiger partial charge in [-0.2, -0.15) is 4.31 Å². The molecule has 0 aliphatic carbocycles. The molecule has 2 aromatic rings. The molecular weight excluding hydrogens is 396 g/mol. The van der Waals surface area contributed by atoms with Gasteiger partial charge in [-0.1, -0.05) is 0 Å². The average molecular weight is 423 g/mol. The summed E-state index contributed by atoms with van der Waals surface area (Å²) in [6, 6.07) is 1.77. The highest BCUT2D eigenvalue weighted by molar-refractivity contribution is 7.89. The summed E-state index contributed by atoms with van der Waals surface area (Å²) in [4.78, 5) is 24.0. The van der Waals surface area contributed by atoms with Crippen LogP contribution in [0.2, 0.25) is 0 Å². The van der Waals surface area contributed by atoms with Crippen molar-refractivity contribution in [3.63, 3.8) is 0 Å². The van der Waals surface area contributed by atoms with Gasteiger partial charge >= 0.3 is 0 Å². The number of rotatable bonds is 5. The highest BCUT2D eigenvalue weighted by Crippen LogP contribution is 2.33. The summed E-state index contributed by atoms with van der Waals surface area (Å²) < 4.78 is 26.3. The van der Waals surface area contributed by atoms with Gasteiger partial charge in [0.1, 0.15) is 5.82 Å². The van der Waals surface area contributed by atoms with E-state index in [2.05, 4.69) is 28.3 Å². The van der Waals surface area contributed by atoms with Crippen molar-refractivity contribution in [3.05, 3.63) is 49.3 Å². The summed E-state index contributed by atoms with van der Waals surface area (Å²) in [5.74, 6) is 0.566. The Morgan fingerprint density at radius 3 is 2.89 bits per heavy atom. The monoisotopic (exact) mass is 422 g/mol. The number of hydrogen-bond donors (Lipinski definition) is 1. The minimum atomic E-state index is -3.31. The van der Waals surface area contributed by atoms with Gasteiger partial charge in [0.25, 0.3) is 5.56 Å². The first-order valence-electron chi connectivity index (χ1n) is 9.76. The van der Waals surface area contributed by atoms with E-state index < -0.39 is 10.0 Å². The van der Waals surface area contributed by atoms with Crippen LogP contribution in [-0.4, -0.2) is 46.4 Å². The van der Waals surface area contributed by atoms with Crippen molar-refractivity contribution in [2.45, 2.75) is 52.2 Å². The SMILES string of the molecule is CCS(=O)(=O)N1CCCC1c1nc2c(c(=O)[nH]1)CN(Cc1sccc1C)CC2. The number of aromatic amines is 1. The van der Waals surface area contributed by atoms with Crippen LogP contribution in [0.25, 0.3) is 0 Å². The number of aryl methyl sites for hydroxylation is 1. The molecule has 0 bridgehead atoms. The van der Waals surface area contributed by atoms with Crippen molar-refractivity contribution in [2.24, 2.45) is 0 Å². The zero-order valence-electron chi connectivity index (χ0n) is 16.3. The molecule has 0 aromatic carbocycles. The maximum Gasteiger partial charge on any atom is 0.255 e. The molecule has 0 saturated carbocycles. The van der Waals surface area contributed by atoms with Gasteiger partial charge < -0.3 is 4.98 Å². The van der Waals surface area contributed by atoms with Crippen LogP contribution in [-0.2, 0) is 29.5 Å². The van der Waals surface area contributed by atoms with Crippen molar-refractivity contribution < 1.29 is 8.42 Å². The number of nitrogens with one attached hydrogen (secondary N) is 1. The maximum atomic E-state index is 12.8. The number of nitrogens with zero attached hydrogens (tertiary/aromatic N) is 3. The topological polar surface area (TPSA) is 86.4 Å². The molecule has 28 heavy (non-hydrogen) atoms. The van der Waals surface area contributed by atoms with E-state index in [9.17, 15) is 13.2 Å². The van der Waals surface area contributed by atoms with Crippen LogP contribution in [0.3, 0.4) is 0 Å². The van der Waals surface area contributed by atoms with Crippen LogP contribution in [0.15, 0.2) is 16.2 Å². The van der Waals surface area contributed by atoms with E-state index in [0.29, 0.717) is 37.3 Å². The molecule has 2 aliphatic rings. The second kappa shape index (κ2) is 7.70. The first-order valence-corrected chi connectivity index (χ1v) is 12.2. The number of H-pyrrole nitrogens is 1. The standard InChI is InChI=1S/C19H26N4O3S2/c1-3-28(25,26)23-8-4-5-16(23)18-20-15-6-9-22(11-14(15)19(24)21-18)12-17-13(2)7-10-27-17/h7,10,16H,3-6,8-9,11-12H2,1-2H3,(H,20,21,24). The summed E-state index contributed by atoms with van der Waals surface area (Å²) in [5.41, 5.74) is 2.69. The second-order valence-corrected chi connectivity index (χ2v) is 10.7. The summed E-state index contributed by atoms with van der Waals surface area (Å²) in [5, 5.41) is 2.10. The third kappa shape index (κ3) is 3.68. The van der Waals surface area contributed by atoms with Gasteiger partial charge in [0.2, 0.25) is 10.0 Å². The van der Waals surface area contributed by atoms with Crippen molar-refractivity contribution in [2.75, 3.05) is 18.8 Å². The Morgan fingerprint density at radius 2 is 2.18 bits per heavy atom. The molecule has 1 saturated heterocycles. The fourth-order valence-electron chi connectivity index (χ4n) is 4.07. The third-order valence-electron chi connectivity index (χ3n) is 5.74. The van der Waals surface area contributed by atoms with E-state index in [0.717, 1.165) is 25.2 Å². The van der Waals surface area contributed by atoms with Crippen molar-refractivity contribution in [1.29, 1.82) is 0 Å². The molecular formula is C19H26N4O3S2. The molecule has 0 spiro atoms. The number of aromatic nitrogens is 2. The van der Waals surface area contributed by atoms with Gasteiger partial charge in [-0.05, 0) is 43.7 Å². The van der Waals surface area contributed by atoms with E-state index in [4.69, 9.17) is 4.98 Å². The zero-order chi connectivity index (χ0) is 19.9. The maximum absolute atomic E-state index is 12.8. The van der Waals surface area contributed by atoms with E-state index in [1.807, 2.05) is 0 Å². The molecule has 1 fully saturated rings.